The first kappa shape index (κ1) is 35.8. The number of amides is 4. The Labute approximate surface area is 280 Å². The number of morpholine rings is 1. The van der Waals surface area contributed by atoms with Gasteiger partial charge in [0.15, 0.2) is 0 Å². The number of nitrogens with zero attached hydrogens (tertiary/aromatic N) is 1. The van der Waals surface area contributed by atoms with Gasteiger partial charge in [0, 0.05) is 32.5 Å². The molecular formula is C36H43N5O7. The fourth-order valence-corrected chi connectivity index (χ4v) is 5.17. The van der Waals surface area contributed by atoms with E-state index in [-0.39, 0.29) is 31.8 Å². The molecule has 4 N–H and O–H groups in total. The molecule has 0 bridgehead atoms. The Bertz CT molecular complexity index is 1510. The van der Waals surface area contributed by atoms with E-state index in [4.69, 9.17) is 9.47 Å². The van der Waals surface area contributed by atoms with Crippen molar-refractivity contribution in [2.24, 2.45) is 0 Å². The number of rotatable bonds is 16. The highest BCUT2D eigenvalue weighted by atomic mass is 16.5. The molecule has 1 heterocycles. The Hall–Kier alpha value is -5.07. The molecule has 1 saturated heterocycles. The summed E-state index contributed by atoms with van der Waals surface area (Å²) in [5, 5.41) is 10.8. The summed E-state index contributed by atoms with van der Waals surface area (Å²) in [5.74, 6) is -2.60. The Morgan fingerprint density at radius 1 is 0.729 bits per heavy atom. The zero-order valence-electron chi connectivity index (χ0n) is 27.3. The number of benzene rings is 3. The van der Waals surface area contributed by atoms with Gasteiger partial charge in [-0.15, -0.1) is 0 Å². The Balaban J connectivity index is 1.48. The number of Topliss-reactive ketones (excluding diaryl/α,β-unsaturated/α-hetero) is 1. The van der Waals surface area contributed by atoms with Gasteiger partial charge in [0.2, 0.25) is 23.5 Å². The highest BCUT2D eigenvalue weighted by Crippen LogP contribution is 2.14. The molecule has 3 atom stereocenters. The maximum absolute atomic E-state index is 13.9. The lowest BCUT2D eigenvalue weighted by atomic mass is 9.99. The van der Waals surface area contributed by atoms with Crippen molar-refractivity contribution in [3.05, 3.63) is 102 Å². The first-order valence-corrected chi connectivity index (χ1v) is 15.9. The lowest BCUT2D eigenvalue weighted by Gasteiger charge is -2.27. The van der Waals surface area contributed by atoms with Gasteiger partial charge in [-0.3, -0.25) is 28.9 Å². The molecule has 48 heavy (non-hydrogen) atoms. The summed E-state index contributed by atoms with van der Waals surface area (Å²) in [5.41, 5.74) is 2.27. The van der Waals surface area contributed by atoms with Gasteiger partial charge < -0.3 is 30.7 Å². The molecule has 12 heteroatoms. The molecule has 0 aromatic heterocycles. The molecule has 0 spiro atoms. The van der Waals surface area contributed by atoms with Crippen LogP contribution in [0.3, 0.4) is 0 Å². The fraction of sp³-hybridized carbons (Fsp3) is 0.361. The standard InChI is InChI=1S/C36H43N5O7/c1-25(38-32(42)24-41-17-19-48-20-18-41)34(44)40-31(22-27-13-15-29(47-2)16-14-27)35(45)39-30(21-26-9-5-3-6-10-26)33(43)36(46)37-23-28-11-7-4-8-12-28/h3-16,25,30-31H,17-24H2,1-2H3,(H,37,46)(H,38,42)(H,39,45)(H,40,44). The number of methoxy groups -OCH3 is 1. The third-order valence-corrected chi connectivity index (χ3v) is 7.91. The first-order valence-electron chi connectivity index (χ1n) is 15.9. The summed E-state index contributed by atoms with van der Waals surface area (Å²) in [7, 11) is 1.54. The summed E-state index contributed by atoms with van der Waals surface area (Å²) in [6.07, 6.45) is 0.129. The Morgan fingerprint density at radius 3 is 1.92 bits per heavy atom. The molecule has 12 nitrogen and oxygen atoms in total. The van der Waals surface area contributed by atoms with E-state index in [9.17, 15) is 24.0 Å². The van der Waals surface area contributed by atoms with Gasteiger partial charge in [0.25, 0.3) is 5.91 Å². The van der Waals surface area contributed by atoms with Crippen LogP contribution >= 0.6 is 0 Å². The molecule has 4 rings (SSSR count). The normalized spacial score (nSPS) is 14.9. The van der Waals surface area contributed by atoms with Gasteiger partial charge >= 0.3 is 0 Å². The average molecular weight is 658 g/mol. The number of hydrogen-bond donors (Lipinski definition) is 4. The van der Waals surface area contributed by atoms with Gasteiger partial charge in [-0.2, -0.15) is 0 Å². The molecule has 1 aliphatic heterocycles. The predicted octanol–water partition coefficient (Wildman–Crippen LogP) is 1.17. The highest BCUT2D eigenvalue weighted by Gasteiger charge is 2.31. The first-order chi connectivity index (χ1) is 23.2. The summed E-state index contributed by atoms with van der Waals surface area (Å²) in [6, 6.07) is 21.9. The molecule has 4 amide bonds. The second-order valence-corrected chi connectivity index (χ2v) is 11.6. The lowest BCUT2D eigenvalue weighted by molar-refractivity contribution is -0.140. The Morgan fingerprint density at radius 2 is 1.29 bits per heavy atom. The van der Waals surface area contributed by atoms with Crippen LogP contribution in [-0.4, -0.2) is 92.4 Å². The van der Waals surface area contributed by atoms with Crippen LogP contribution in [0.4, 0.5) is 0 Å². The SMILES string of the molecule is COc1ccc(CC(NC(=O)C(C)NC(=O)CN2CCOCC2)C(=O)NC(Cc2ccccc2)C(=O)C(=O)NCc2ccccc2)cc1. The maximum Gasteiger partial charge on any atom is 0.289 e. The summed E-state index contributed by atoms with van der Waals surface area (Å²) in [6.45, 7) is 4.10. The van der Waals surface area contributed by atoms with Crippen LogP contribution in [0.25, 0.3) is 0 Å². The van der Waals surface area contributed by atoms with E-state index in [2.05, 4.69) is 21.3 Å². The van der Waals surface area contributed by atoms with Crippen molar-refractivity contribution in [2.75, 3.05) is 40.0 Å². The molecule has 3 aromatic carbocycles. The number of hydrogen-bond acceptors (Lipinski definition) is 8. The van der Waals surface area contributed by atoms with Crippen LogP contribution in [0.15, 0.2) is 84.9 Å². The third-order valence-electron chi connectivity index (χ3n) is 7.91. The lowest BCUT2D eigenvalue weighted by Crippen LogP contribution is -2.57. The smallest absolute Gasteiger partial charge is 0.289 e. The van der Waals surface area contributed by atoms with E-state index in [1.54, 1.807) is 55.6 Å². The van der Waals surface area contributed by atoms with Crippen molar-refractivity contribution >= 4 is 29.4 Å². The largest absolute Gasteiger partial charge is 0.497 e. The topological polar surface area (TPSA) is 155 Å². The monoisotopic (exact) mass is 657 g/mol. The van der Waals surface area contributed by atoms with Crippen molar-refractivity contribution in [1.29, 1.82) is 0 Å². The minimum Gasteiger partial charge on any atom is -0.497 e. The van der Waals surface area contributed by atoms with Crippen molar-refractivity contribution < 1.29 is 33.4 Å². The van der Waals surface area contributed by atoms with Crippen molar-refractivity contribution in [1.82, 2.24) is 26.2 Å². The fourth-order valence-electron chi connectivity index (χ4n) is 5.17. The van der Waals surface area contributed by atoms with Crippen LogP contribution < -0.4 is 26.0 Å². The molecule has 3 aromatic rings. The van der Waals surface area contributed by atoms with Crippen LogP contribution in [0.1, 0.15) is 23.6 Å². The molecule has 1 aliphatic rings. The van der Waals surface area contributed by atoms with Crippen LogP contribution in [0.2, 0.25) is 0 Å². The minimum absolute atomic E-state index is 0.0569. The van der Waals surface area contributed by atoms with Crippen molar-refractivity contribution in [3.63, 3.8) is 0 Å². The number of ether oxygens (including phenoxy) is 2. The van der Waals surface area contributed by atoms with E-state index in [1.807, 2.05) is 41.3 Å². The molecular weight excluding hydrogens is 614 g/mol. The van der Waals surface area contributed by atoms with Gasteiger partial charge in [-0.25, -0.2) is 0 Å². The van der Waals surface area contributed by atoms with Crippen LogP contribution in [0.5, 0.6) is 5.75 Å². The van der Waals surface area contributed by atoms with Gasteiger partial charge in [0.1, 0.15) is 23.9 Å². The van der Waals surface area contributed by atoms with E-state index in [1.165, 1.54) is 6.92 Å². The summed E-state index contributed by atoms with van der Waals surface area (Å²) < 4.78 is 10.6. The van der Waals surface area contributed by atoms with Gasteiger partial charge in [-0.1, -0.05) is 72.8 Å². The van der Waals surface area contributed by atoms with E-state index in [0.717, 1.165) is 11.1 Å². The molecule has 254 valence electrons. The molecule has 0 aliphatic carbocycles. The van der Waals surface area contributed by atoms with Crippen LogP contribution in [0, 0.1) is 0 Å². The zero-order valence-corrected chi connectivity index (χ0v) is 27.3. The van der Waals surface area contributed by atoms with Gasteiger partial charge in [0.05, 0.1) is 26.9 Å². The number of ketones is 1. The number of carbonyl (C=O) groups excluding carboxylic acids is 5. The molecule has 0 saturated carbocycles. The number of carbonyl (C=O) groups is 5. The quantitative estimate of drug-likeness (QED) is 0.168. The van der Waals surface area contributed by atoms with Crippen molar-refractivity contribution in [3.8, 4) is 5.75 Å². The second kappa shape index (κ2) is 18.3. The average Bonchev–Trinajstić information content (AvgIpc) is 3.11. The Kier molecular flexibility index (Phi) is 13.7. The maximum atomic E-state index is 13.9. The van der Waals surface area contributed by atoms with Gasteiger partial charge in [-0.05, 0) is 35.7 Å². The third kappa shape index (κ3) is 11.3. The zero-order chi connectivity index (χ0) is 34.3. The molecule has 1 fully saturated rings. The van der Waals surface area contributed by atoms with E-state index >= 15 is 0 Å². The van der Waals surface area contributed by atoms with Crippen molar-refractivity contribution in [2.45, 2.75) is 44.4 Å². The van der Waals surface area contributed by atoms with Crippen LogP contribution in [-0.2, 0) is 48.1 Å². The minimum atomic E-state index is -1.21. The summed E-state index contributed by atoms with van der Waals surface area (Å²) in [4.78, 5) is 68.3. The van der Waals surface area contributed by atoms with E-state index in [0.29, 0.717) is 37.6 Å². The molecule has 0 radical (unpaired) electrons. The number of nitrogens with one attached hydrogen (secondary N) is 4. The predicted molar refractivity (Wildman–Crippen MR) is 179 cm³/mol. The highest BCUT2D eigenvalue weighted by molar-refractivity contribution is 6.38. The van der Waals surface area contributed by atoms with E-state index < -0.39 is 41.6 Å². The molecule has 3 unspecified atom stereocenters. The summed E-state index contributed by atoms with van der Waals surface area (Å²) >= 11 is 0. The second-order valence-electron chi connectivity index (χ2n) is 11.6.